The van der Waals surface area contributed by atoms with Crippen molar-refractivity contribution in [3.63, 3.8) is 0 Å². The molecule has 0 radical (unpaired) electrons. The summed E-state index contributed by atoms with van der Waals surface area (Å²) in [5.41, 5.74) is 1.06. The summed E-state index contributed by atoms with van der Waals surface area (Å²) in [6.07, 6.45) is 0. The maximum atomic E-state index is 5.86. The minimum Gasteiger partial charge on any atom is -0.439 e. The number of halogens is 1. The van der Waals surface area contributed by atoms with Crippen molar-refractivity contribution in [1.82, 2.24) is 9.97 Å². The Hall–Kier alpha value is -1.81. The van der Waals surface area contributed by atoms with E-state index in [0.717, 1.165) is 11.4 Å². The quantitative estimate of drug-likeness (QED) is 0.797. The van der Waals surface area contributed by atoms with Gasteiger partial charge in [-0.25, -0.2) is 4.98 Å². The van der Waals surface area contributed by atoms with E-state index in [1.54, 1.807) is 13.0 Å². The van der Waals surface area contributed by atoms with Crippen LogP contribution in [0.15, 0.2) is 30.3 Å². The van der Waals surface area contributed by atoms with Gasteiger partial charge >= 0.3 is 0 Å². The Bertz CT molecular complexity index is 537. The fourth-order valence-corrected chi connectivity index (χ4v) is 1.72. The molecule has 18 heavy (non-hydrogen) atoms. The highest BCUT2D eigenvalue weighted by atomic mass is 35.5. The number of hydrogen-bond acceptors (Lipinski definition) is 4. The van der Waals surface area contributed by atoms with Gasteiger partial charge in [0.05, 0.1) is 0 Å². The molecule has 0 amide bonds. The van der Waals surface area contributed by atoms with Crippen LogP contribution in [0.2, 0.25) is 5.15 Å². The molecule has 0 bridgehead atoms. The summed E-state index contributed by atoms with van der Waals surface area (Å²) < 4.78 is 5.67. The molecular weight excluding hydrogens is 250 g/mol. The molecule has 2 aromatic rings. The van der Waals surface area contributed by atoms with E-state index in [2.05, 4.69) is 9.97 Å². The second kappa shape index (κ2) is 5.23. The molecule has 0 atom stereocenters. The van der Waals surface area contributed by atoms with Crippen LogP contribution < -0.4 is 9.64 Å². The normalized spacial score (nSPS) is 10.2. The van der Waals surface area contributed by atoms with Crippen LogP contribution >= 0.6 is 11.6 Å². The molecule has 1 aromatic heterocycles. The van der Waals surface area contributed by atoms with Crippen molar-refractivity contribution < 1.29 is 4.74 Å². The number of anilines is 1. The van der Waals surface area contributed by atoms with Crippen LogP contribution in [-0.2, 0) is 0 Å². The van der Waals surface area contributed by atoms with Crippen molar-refractivity contribution in [2.24, 2.45) is 0 Å². The lowest BCUT2D eigenvalue weighted by molar-refractivity contribution is 0.460. The lowest BCUT2D eigenvalue weighted by atomic mass is 10.3. The fraction of sp³-hybridized carbons (Fsp3) is 0.231. The van der Waals surface area contributed by atoms with E-state index in [-0.39, 0.29) is 0 Å². The van der Waals surface area contributed by atoms with Gasteiger partial charge in [0, 0.05) is 31.9 Å². The molecule has 0 spiro atoms. The van der Waals surface area contributed by atoms with Crippen LogP contribution in [0, 0.1) is 6.92 Å². The van der Waals surface area contributed by atoms with Gasteiger partial charge in [0.1, 0.15) is 16.7 Å². The first-order valence-electron chi connectivity index (χ1n) is 5.51. The van der Waals surface area contributed by atoms with E-state index in [1.165, 1.54) is 0 Å². The Kier molecular flexibility index (Phi) is 3.67. The predicted octanol–water partition coefficient (Wildman–Crippen LogP) is 3.30. The van der Waals surface area contributed by atoms with Crippen molar-refractivity contribution in [3.05, 3.63) is 41.3 Å². The third kappa shape index (κ3) is 3.11. The second-order valence-electron chi connectivity index (χ2n) is 4.07. The number of benzene rings is 1. The fourth-order valence-electron chi connectivity index (χ4n) is 1.50. The first-order chi connectivity index (χ1) is 8.54. The first-order valence-corrected chi connectivity index (χ1v) is 5.89. The summed E-state index contributed by atoms with van der Waals surface area (Å²) in [4.78, 5) is 10.2. The van der Waals surface area contributed by atoms with Gasteiger partial charge in [-0.05, 0) is 19.1 Å². The third-order valence-electron chi connectivity index (χ3n) is 2.34. The highest BCUT2D eigenvalue weighted by Crippen LogP contribution is 2.25. The molecule has 0 fully saturated rings. The summed E-state index contributed by atoms with van der Waals surface area (Å²) in [7, 11) is 3.95. The molecule has 2 rings (SSSR count). The molecule has 5 heteroatoms. The van der Waals surface area contributed by atoms with E-state index < -0.39 is 0 Å². The van der Waals surface area contributed by atoms with Gasteiger partial charge in [-0.2, -0.15) is 4.98 Å². The Morgan fingerprint density at radius 1 is 1.17 bits per heavy atom. The van der Waals surface area contributed by atoms with Crippen molar-refractivity contribution in [2.45, 2.75) is 6.92 Å². The summed E-state index contributed by atoms with van der Waals surface area (Å²) in [6.45, 7) is 1.77. The highest BCUT2D eigenvalue weighted by molar-refractivity contribution is 6.29. The van der Waals surface area contributed by atoms with Crippen LogP contribution in [0.5, 0.6) is 11.6 Å². The number of hydrogen-bond donors (Lipinski definition) is 0. The van der Waals surface area contributed by atoms with Crippen molar-refractivity contribution in [2.75, 3.05) is 19.0 Å². The molecule has 4 nitrogen and oxygen atoms in total. The Balaban J connectivity index is 2.25. The average Bonchev–Trinajstić information content (AvgIpc) is 2.27. The van der Waals surface area contributed by atoms with Gasteiger partial charge in [0.2, 0.25) is 5.88 Å². The zero-order valence-corrected chi connectivity index (χ0v) is 11.3. The average molecular weight is 264 g/mol. The van der Waals surface area contributed by atoms with Gasteiger partial charge < -0.3 is 9.64 Å². The lowest BCUT2D eigenvalue weighted by Gasteiger charge is -2.13. The van der Waals surface area contributed by atoms with Crippen LogP contribution in [0.1, 0.15) is 5.82 Å². The molecule has 0 unspecified atom stereocenters. The number of aryl methyl sites for hydroxylation is 1. The number of rotatable bonds is 3. The summed E-state index contributed by atoms with van der Waals surface area (Å²) in [6, 6.07) is 9.34. The van der Waals surface area contributed by atoms with Crippen molar-refractivity contribution >= 4 is 17.3 Å². The van der Waals surface area contributed by atoms with E-state index in [1.807, 2.05) is 43.3 Å². The topological polar surface area (TPSA) is 38.2 Å². The molecule has 1 aromatic carbocycles. The molecule has 0 N–H and O–H groups in total. The van der Waals surface area contributed by atoms with Crippen LogP contribution in [0.3, 0.4) is 0 Å². The zero-order chi connectivity index (χ0) is 13.1. The monoisotopic (exact) mass is 263 g/mol. The Morgan fingerprint density at radius 3 is 2.61 bits per heavy atom. The maximum Gasteiger partial charge on any atom is 0.224 e. The van der Waals surface area contributed by atoms with Crippen LogP contribution in [0.4, 0.5) is 5.69 Å². The number of ether oxygens (including phenoxy) is 1. The Morgan fingerprint density at radius 2 is 1.94 bits per heavy atom. The van der Waals surface area contributed by atoms with Crippen molar-refractivity contribution in [3.8, 4) is 11.6 Å². The van der Waals surface area contributed by atoms with Crippen LogP contribution in [-0.4, -0.2) is 24.1 Å². The largest absolute Gasteiger partial charge is 0.439 e. The summed E-state index contributed by atoms with van der Waals surface area (Å²) >= 11 is 5.86. The molecular formula is C13H14ClN3O. The van der Waals surface area contributed by atoms with E-state index in [4.69, 9.17) is 16.3 Å². The van der Waals surface area contributed by atoms with Crippen LogP contribution in [0.25, 0.3) is 0 Å². The standard InChI is InChI=1S/C13H14ClN3O/c1-9-15-12(14)8-13(16-9)18-11-6-4-5-10(7-11)17(2)3/h4-8H,1-3H3. The van der Waals surface area contributed by atoms with E-state index in [0.29, 0.717) is 16.9 Å². The second-order valence-corrected chi connectivity index (χ2v) is 4.46. The maximum absolute atomic E-state index is 5.86. The lowest BCUT2D eigenvalue weighted by Crippen LogP contribution is -2.08. The number of aromatic nitrogens is 2. The smallest absolute Gasteiger partial charge is 0.224 e. The molecule has 0 saturated heterocycles. The molecule has 0 aliphatic carbocycles. The van der Waals surface area contributed by atoms with Gasteiger partial charge in [-0.1, -0.05) is 17.7 Å². The minimum atomic E-state index is 0.376. The van der Waals surface area contributed by atoms with E-state index in [9.17, 15) is 0 Å². The molecule has 0 aliphatic heterocycles. The zero-order valence-electron chi connectivity index (χ0n) is 10.5. The predicted molar refractivity (Wildman–Crippen MR) is 72.6 cm³/mol. The Labute approximate surface area is 111 Å². The van der Waals surface area contributed by atoms with Gasteiger partial charge in [-0.15, -0.1) is 0 Å². The first kappa shape index (κ1) is 12.6. The van der Waals surface area contributed by atoms with Gasteiger partial charge in [-0.3, -0.25) is 0 Å². The minimum absolute atomic E-state index is 0.376. The van der Waals surface area contributed by atoms with Gasteiger partial charge in [0.15, 0.2) is 0 Å². The third-order valence-corrected chi connectivity index (χ3v) is 2.53. The highest BCUT2D eigenvalue weighted by Gasteiger charge is 2.04. The number of nitrogens with zero attached hydrogens (tertiary/aromatic N) is 3. The molecule has 1 heterocycles. The molecule has 0 saturated carbocycles. The molecule has 94 valence electrons. The van der Waals surface area contributed by atoms with E-state index >= 15 is 0 Å². The summed E-state index contributed by atoms with van der Waals surface area (Å²) in [5.74, 6) is 1.75. The molecule has 0 aliphatic rings. The summed E-state index contributed by atoms with van der Waals surface area (Å²) in [5, 5.41) is 0.376. The SMILES string of the molecule is Cc1nc(Cl)cc(Oc2cccc(N(C)C)c2)n1. The van der Waals surface area contributed by atoms with Crippen molar-refractivity contribution in [1.29, 1.82) is 0 Å². The van der Waals surface area contributed by atoms with Gasteiger partial charge in [0.25, 0.3) is 0 Å².